The van der Waals surface area contributed by atoms with Gasteiger partial charge in [0.25, 0.3) is 0 Å². The lowest BCUT2D eigenvalue weighted by atomic mass is 9.76. The van der Waals surface area contributed by atoms with Crippen LogP contribution in [0, 0.1) is 17.7 Å². The highest BCUT2D eigenvalue weighted by Crippen LogP contribution is 2.33. The molecule has 1 aromatic carbocycles. The molecule has 1 N–H and O–H groups in total. The van der Waals surface area contributed by atoms with Crippen molar-refractivity contribution in [3.63, 3.8) is 0 Å². The van der Waals surface area contributed by atoms with Gasteiger partial charge >= 0.3 is 0 Å². The Bertz CT molecular complexity index is 421. The summed E-state index contributed by atoms with van der Waals surface area (Å²) in [7, 11) is 0. The van der Waals surface area contributed by atoms with Crippen molar-refractivity contribution in [3.05, 3.63) is 34.6 Å². The summed E-state index contributed by atoms with van der Waals surface area (Å²) in [6.07, 6.45) is 7.39. The van der Waals surface area contributed by atoms with E-state index in [0.29, 0.717) is 10.9 Å². The molecule has 3 heteroatoms. The molecule has 0 aliphatic heterocycles. The van der Waals surface area contributed by atoms with E-state index in [-0.39, 0.29) is 5.82 Å². The Morgan fingerprint density at radius 3 is 2.70 bits per heavy atom. The summed E-state index contributed by atoms with van der Waals surface area (Å²) in [5.74, 6) is 1.16. The first-order chi connectivity index (χ1) is 9.70. The first-order valence-electron chi connectivity index (χ1n) is 7.85. The SMILES string of the molecule is CCCNCC1CCCCC1Cc1ccc(F)cc1Cl. The van der Waals surface area contributed by atoms with Crippen LogP contribution in [0.3, 0.4) is 0 Å². The zero-order chi connectivity index (χ0) is 14.4. The predicted molar refractivity (Wildman–Crippen MR) is 83.7 cm³/mol. The van der Waals surface area contributed by atoms with E-state index >= 15 is 0 Å². The van der Waals surface area contributed by atoms with Gasteiger partial charge in [-0.1, -0.05) is 37.4 Å². The Kier molecular flexibility index (Phi) is 6.31. The third kappa shape index (κ3) is 4.46. The molecule has 0 spiro atoms. The van der Waals surface area contributed by atoms with Crippen LogP contribution >= 0.6 is 11.6 Å². The number of nitrogens with one attached hydrogen (secondary N) is 1. The van der Waals surface area contributed by atoms with Crippen LogP contribution in [0.1, 0.15) is 44.6 Å². The van der Waals surface area contributed by atoms with Crippen molar-refractivity contribution >= 4 is 11.6 Å². The maximum Gasteiger partial charge on any atom is 0.124 e. The lowest BCUT2D eigenvalue weighted by Crippen LogP contribution is -2.32. The van der Waals surface area contributed by atoms with Crippen LogP contribution in [-0.4, -0.2) is 13.1 Å². The van der Waals surface area contributed by atoms with Crippen molar-refractivity contribution < 1.29 is 4.39 Å². The molecule has 2 rings (SSSR count). The molecule has 0 aromatic heterocycles. The van der Waals surface area contributed by atoms with E-state index in [0.717, 1.165) is 31.0 Å². The average molecular weight is 298 g/mol. The molecule has 1 aromatic rings. The highest BCUT2D eigenvalue weighted by atomic mass is 35.5. The van der Waals surface area contributed by atoms with Crippen LogP contribution < -0.4 is 5.32 Å². The van der Waals surface area contributed by atoms with E-state index in [1.807, 2.05) is 6.07 Å². The maximum atomic E-state index is 13.1. The molecule has 112 valence electrons. The second-order valence-corrected chi connectivity index (χ2v) is 6.36. The highest BCUT2D eigenvalue weighted by molar-refractivity contribution is 6.31. The number of hydrogen-bond acceptors (Lipinski definition) is 1. The van der Waals surface area contributed by atoms with Gasteiger partial charge in [-0.2, -0.15) is 0 Å². The standard InChI is InChI=1S/C17H25ClFN/c1-2-9-20-12-15-6-4-3-5-13(15)10-14-7-8-16(19)11-17(14)18/h7-8,11,13,15,20H,2-6,9-10,12H2,1H3. The first kappa shape index (κ1) is 15.8. The molecule has 1 saturated carbocycles. The van der Waals surface area contributed by atoms with Gasteiger partial charge in [0.2, 0.25) is 0 Å². The largest absolute Gasteiger partial charge is 0.316 e. The summed E-state index contributed by atoms with van der Waals surface area (Å²) < 4.78 is 13.1. The normalized spacial score (nSPS) is 22.9. The molecule has 1 fully saturated rings. The van der Waals surface area contributed by atoms with Crippen LogP contribution in [-0.2, 0) is 6.42 Å². The molecule has 1 aliphatic carbocycles. The van der Waals surface area contributed by atoms with Gasteiger partial charge in [-0.3, -0.25) is 0 Å². The molecule has 20 heavy (non-hydrogen) atoms. The minimum Gasteiger partial charge on any atom is -0.316 e. The Labute approximate surface area is 126 Å². The topological polar surface area (TPSA) is 12.0 Å². The van der Waals surface area contributed by atoms with Crippen molar-refractivity contribution in [2.75, 3.05) is 13.1 Å². The third-order valence-electron chi connectivity index (χ3n) is 4.40. The fourth-order valence-electron chi connectivity index (χ4n) is 3.26. The molecule has 0 saturated heterocycles. The lowest BCUT2D eigenvalue weighted by molar-refractivity contribution is 0.229. The fourth-order valence-corrected chi connectivity index (χ4v) is 3.50. The van der Waals surface area contributed by atoms with Crippen molar-refractivity contribution in [1.29, 1.82) is 0 Å². The van der Waals surface area contributed by atoms with Crippen LogP contribution in [0.2, 0.25) is 5.02 Å². The monoisotopic (exact) mass is 297 g/mol. The maximum absolute atomic E-state index is 13.1. The second kappa shape index (κ2) is 7.99. The van der Waals surface area contributed by atoms with E-state index in [1.54, 1.807) is 0 Å². The Balaban J connectivity index is 1.97. The van der Waals surface area contributed by atoms with Crippen LogP contribution in [0.15, 0.2) is 18.2 Å². The first-order valence-corrected chi connectivity index (χ1v) is 8.23. The zero-order valence-electron chi connectivity index (χ0n) is 12.3. The molecule has 0 bridgehead atoms. The molecular formula is C17H25ClFN. The molecule has 2 unspecified atom stereocenters. The molecule has 0 radical (unpaired) electrons. The van der Waals surface area contributed by atoms with E-state index in [4.69, 9.17) is 11.6 Å². The minimum absolute atomic E-state index is 0.247. The minimum atomic E-state index is -0.247. The van der Waals surface area contributed by atoms with E-state index in [9.17, 15) is 4.39 Å². The third-order valence-corrected chi connectivity index (χ3v) is 4.75. The number of halogens is 2. The summed E-state index contributed by atoms with van der Waals surface area (Å²) in [6, 6.07) is 4.81. The van der Waals surface area contributed by atoms with Crippen LogP contribution in [0.25, 0.3) is 0 Å². The molecular weight excluding hydrogens is 273 g/mol. The predicted octanol–water partition coefficient (Wildman–Crippen LogP) is 4.83. The average Bonchev–Trinajstić information content (AvgIpc) is 2.44. The second-order valence-electron chi connectivity index (χ2n) is 5.95. The molecule has 0 heterocycles. The van der Waals surface area contributed by atoms with Crippen LogP contribution in [0.5, 0.6) is 0 Å². The van der Waals surface area contributed by atoms with E-state index in [2.05, 4.69) is 12.2 Å². The van der Waals surface area contributed by atoms with Gasteiger partial charge in [0.1, 0.15) is 5.82 Å². The fraction of sp³-hybridized carbons (Fsp3) is 0.647. The van der Waals surface area contributed by atoms with Gasteiger partial charge in [-0.15, -0.1) is 0 Å². The number of benzene rings is 1. The van der Waals surface area contributed by atoms with E-state index < -0.39 is 0 Å². The quantitative estimate of drug-likeness (QED) is 0.742. The van der Waals surface area contributed by atoms with Gasteiger partial charge in [-0.25, -0.2) is 4.39 Å². The van der Waals surface area contributed by atoms with Crippen molar-refractivity contribution in [2.45, 2.75) is 45.4 Å². The molecule has 1 nitrogen and oxygen atoms in total. The summed E-state index contributed by atoms with van der Waals surface area (Å²) >= 11 is 6.17. The molecule has 2 atom stereocenters. The molecule has 0 amide bonds. The molecule has 1 aliphatic rings. The zero-order valence-corrected chi connectivity index (χ0v) is 13.1. The smallest absolute Gasteiger partial charge is 0.124 e. The van der Waals surface area contributed by atoms with E-state index in [1.165, 1.54) is 44.2 Å². The number of hydrogen-bond donors (Lipinski definition) is 1. The van der Waals surface area contributed by atoms with Crippen LogP contribution in [0.4, 0.5) is 4.39 Å². The van der Waals surface area contributed by atoms with Gasteiger partial charge in [0.15, 0.2) is 0 Å². The number of rotatable bonds is 6. The van der Waals surface area contributed by atoms with Crippen molar-refractivity contribution in [2.24, 2.45) is 11.8 Å². The van der Waals surface area contributed by atoms with Gasteiger partial charge in [-0.05, 0) is 68.3 Å². The van der Waals surface area contributed by atoms with Gasteiger partial charge < -0.3 is 5.32 Å². The van der Waals surface area contributed by atoms with Gasteiger partial charge in [0, 0.05) is 5.02 Å². The summed E-state index contributed by atoms with van der Waals surface area (Å²) in [6.45, 7) is 4.40. The van der Waals surface area contributed by atoms with Crippen molar-refractivity contribution in [3.8, 4) is 0 Å². The highest BCUT2D eigenvalue weighted by Gasteiger charge is 2.25. The van der Waals surface area contributed by atoms with Gasteiger partial charge in [0.05, 0.1) is 0 Å². The summed E-state index contributed by atoms with van der Waals surface area (Å²) in [5, 5.41) is 4.13. The summed E-state index contributed by atoms with van der Waals surface area (Å²) in [5.41, 5.74) is 1.10. The lowest BCUT2D eigenvalue weighted by Gasteiger charge is -2.32. The summed E-state index contributed by atoms with van der Waals surface area (Å²) in [4.78, 5) is 0. The Hall–Kier alpha value is -0.600. The Morgan fingerprint density at radius 2 is 2.00 bits per heavy atom. The Morgan fingerprint density at radius 1 is 1.25 bits per heavy atom. The van der Waals surface area contributed by atoms with Crippen molar-refractivity contribution in [1.82, 2.24) is 5.32 Å².